The van der Waals surface area contributed by atoms with E-state index in [9.17, 15) is 5.41 Å². The fraction of sp³-hybridized carbons (Fsp3) is 0.113. The lowest BCUT2D eigenvalue weighted by Gasteiger charge is -2.27. The van der Waals surface area contributed by atoms with E-state index in [2.05, 4.69) is 198 Å². The average Bonchev–Trinajstić information content (AvgIpc) is 3.70. The Morgan fingerprint density at radius 2 is 1.00 bits per heavy atom. The minimum atomic E-state index is 0.296. The zero-order valence-electron chi connectivity index (χ0n) is 32.1. The van der Waals surface area contributed by atoms with Gasteiger partial charge in [-0.2, -0.15) is 0 Å². The third-order valence-electron chi connectivity index (χ3n) is 11.9. The molecule has 2 aliphatic rings. The highest BCUT2D eigenvalue weighted by molar-refractivity contribution is 7.79. The normalized spacial score (nSPS) is 15.5. The number of rotatable bonds is 7. The maximum absolute atomic E-state index is 9.75. The molecule has 10 rings (SSSR count). The summed E-state index contributed by atoms with van der Waals surface area (Å²) in [4.78, 5) is 5.47. The summed E-state index contributed by atoms with van der Waals surface area (Å²) in [6, 6.07) is 58.2. The Morgan fingerprint density at radius 3 is 1.55 bits per heavy atom. The molecule has 0 saturated heterocycles. The van der Waals surface area contributed by atoms with Crippen LogP contribution in [0.3, 0.4) is 0 Å². The molecule has 1 aromatic heterocycles. The van der Waals surface area contributed by atoms with E-state index in [-0.39, 0.29) is 0 Å². The molecule has 5 heteroatoms. The number of hydrogen-bond donors (Lipinski definition) is 2. The van der Waals surface area contributed by atoms with Crippen LogP contribution in [0.2, 0.25) is 0 Å². The number of allylic oxidation sites excluding steroid dienone is 4. The van der Waals surface area contributed by atoms with E-state index < -0.39 is 0 Å². The number of aromatic nitrogens is 2. The summed E-state index contributed by atoms with van der Waals surface area (Å²) in [6.45, 7) is 0. The molecular formula is C53H42N4S. The predicted octanol–water partition coefficient (Wildman–Crippen LogP) is 13.6. The second-order valence-electron chi connectivity index (χ2n) is 15.3. The van der Waals surface area contributed by atoms with Gasteiger partial charge in [0.25, 0.3) is 0 Å². The van der Waals surface area contributed by atoms with Gasteiger partial charge in [-0.15, -0.1) is 0 Å². The molecule has 0 atom stereocenters. The molecule has 1 heterocycles. The summed E-state index contributed by atoms with van der Waals surface area (Å²) < 4.78 is 6.98. The molecule has 2 aliphatic carbocycles. The van der Waals surface area contributed by atoms with Gasteiger partial charge in [0.15, 0.2) is 0 Å². The first-order chi connectivity index (χ1) is 28.7. The van der Waals surface area contributed by atoms with Gasteiger partial charge in [0.2, 0.25) is 0 Å². The topological polar surface area (TPSA) is 54.0 Å². The number of hydrogen-bond acceptors (Lipinski definition) is 4. The number of imidazole rings is 1. The molecule has 8 aromatic rings. The van der Waals surface area contributed by atoms with Crippen molar-refractivity contribution in [3.8, 4) is 0 Å². The van der Waals surface area contributed by atoms with Gasteiger partial charge < -0.3 is 4.57 Å². The van der Waals surface area contributed by atoms with Crippen LogP contribution in [-0.4, -0.2) is 21.0 Å². The minimum Gasteiger partial charge on any atom is -0.320 e. The highest BCUT2D eigenvalue weighted by atomic mass is 32.1. The van der Waals surface area contributed by atoms with E-state index in [0.717, 1.165) is 79.6 Å². The van der Waals surface area contributed by atoms with Crippen LogP contribution in [0.1, 0.15) is 71.8 Å². The maximum atomic E-state index is 9.75. The van der Waals surface area contributed by atoms with Crippen LogP contribution in [0.15, 0.2) is 180 Å². The van der Waals surface area contributed by atoms with E-state index in [4.69, 9.17) is 4.98 Å². The van der Waals surface area contributed by atoms with Gasteiger partial charge in [-0.1, -0.05) is 189 Å². The lowest BCUT2D eigenvalue weighted by atomic mass is 9.84. The molecule has 1 fully saturated rings. The van der Waals surface area contributed by atoms with Crippen molar-refractivity contribution in [3.05, 3.63) is 210 Å². The Labute approximate surface area is 344 Å². The fourth-order valence-electron chi connectivity index (χ4n) is 9.27. The Morgan fingerprint density at radius 1 is 0.534 bits per heavy atom. The number of benzene rings is 7. The second-order valence-corrected chi connectivity index (χ2v) is 15.5. The van der Waals surface area contributed by atoms with Crippen LogP contribution in [-0.2, 0) is 0 Å². The lowest BCUT2D eigenvalue weighted by molar-refractivity contribution is 0.358. The minimum absolute atomic E-state index is 0.296. The van der Waals surface area contributed by atoms with Crippen molar-refractivity contribution in [2.75, 3.05) is 0 Å². The number of thiol groups is 1. The second kappa shape index (κ2) is 15.4. The quantitative estimate of drug-likeness (QED) is 0.0722. The van der Waals surface area contributed by atoms with Crippen LogP contribution in [0.25, 0.3) is 54.9 Å². The van der Waals surface area contributed by atoms with Gasteiger partial charge >= 0.3 is 0 Å². The van der Waals surface area contributed by atoms with E-state index >= 15 is 0 Å². The van der Waals surface area contributed by atoms with E-state index in [1.54, 1.807) is 0 Å². The van der Waals surface area contributed by atoms with Gasteiger partial charge in [-0.3, -0.25) is 5.41 Å². The molecule has 0 unspecified atom stereocenters. The first-order valence-corrected chi connectivity index (χ1v) is 20.7. The van der Waals surface area contributed by atoms with E-state index in [1.807, 2.05) is 0 Å². The molecule has 4 nitrogen and oxygen atoms in total. The van der Waals surface area contributed by atoms with Crippen LogP contribution in [0.4, 0.5) is 0 Å². The molecule has 0 spiro atoms. The Bertz CT molecular complexity index is 2920. The third-order valence-corrected chi connectivity index (χ3v) is 12.1. The van der Waals surface area contributed by atoms with Crippen molar-refractivity contribution < 1.29 is 0 Å². The van der Waals surface area contributed by atoms with Gasteiger partial charge in [-0.05, 0) is 81.5 Å². The summed E-state index contributed by atoms with van der Waals surface area (Å²) >= 11 is 4.51. The summed E-state index contributed by atoms with van der Waals surface area (Å²) in [5.74, 6) is 0.834. The molecule has 0 radical (unpaired) electrons. The molecule has 0 aliphatic heterocycles. The Kier molecular flexibility index (Phi) is 9.52. The standard InChI is InChI=1S/C53H42N4S/c54-49-46(53-55-51-44-27-15-13-25-42(44)43-26-14-16-28-45(43)52(51)57(53)40-23-11-4-12-24-40)34-33-41(50(49)56-58)35-29-31-39(32-30-35)48(38-21-9-3-10-22-38)47(36-17-5-1-6-18-36)37-19-7-2-8-20-37/h1-3,5-10,13-22,25-34,40,54,58H,4,11-12,23-24H2/b54-49?,56-50-. The average molecular weight is 767 g/mol. The molecule has 1 saturated carbocycles. The van der Waals surface area contributed by atoms with Crippen LogP contribution in [0, 0.1) is 5.41 Å². The van der Waals surface area contributed by atoms with Gasteiger partial charge in [0.05, 0.1) is 16.7 Å². The summed E-state index contributed by atoms with van der Waals surface area (Å²) in [5.41, 5.74) is 12.5. The Balaban J connectivity index is 1.13. The highest BCUT2D eigenvalue weighted by Crippen LogP contribution is 2.43. The summed E-state index contributed by atoms with van der Waals surface area (Å²) in [5, 5.41) is 14.5. The van der Waals surface area contributed by atoms with Crippen molar-refractivity contribution in [3.63, 3.8) is 0 Å². The molecule has 280 valence electrons. The molecule has 58 heavy (non-hydrogen) atoms. The predicted molar refractivity (Wildman–Crippen MR) is 248 cm³/mol. The third kappa shape index (κ3) is 6.23. The molecule has 0 amide bonds. The van der Waals surface area contributed by atoms with E-state index in [0.29, 0.717) is 17.5 Å². The zero-order chi connectivity index (χ0) is 39.0. The van der Waals surface area contributed by atoms with Crippen molar-refractivity contribution in [1.29, 1.82) is 5.41 Å². The molecule has 1 N–H and O–H groups in total. The number of fused-ring (bicyclic) bond motifs is 6. The van der Waals surface area contributed by atoms with Crippen LogP contribution in [0.5, 0.6) is 0 Å². The zero-order valence-corrected chi connectivity index (χ0v) is 33.0. The van der Waals surface area contributed by atoms with Gasteiger partial charge in [0.1, 0.15) is 11.5 Å². The largest absolute Gasteiger partial charge is 0.320 e. The number of nitrogens with one attached hydrogen (secondary N) is 1. The maximum Gasteiger partial charge on any atom is 0.143 e. The fourth-order valence-corrected chi connectivity index (χ4v) is 9.48. The van der Waals surface area contributed by atoms with Crippen molar-refractivity contribution in [1.82, 2.24) is 9.55 Å². The van der Waals surface area contributed by atoms with E-state index in [1.165, 1.54) is 41.0 Å². The first-order valence-electron chi connectivity index (χ1n) is 20.3. The van der Waals surface area contributed by atoms with Crippen LogP contribution >= 0.6 is 12.8 Å². The first kappa shape index (κ1) is 35.8. The number of nitrogens with zero attached hydrogens (tertiary/aromatic N) is 3. The summed E-state index contributed by atoms with van der Waals surface area (Å²) in [6.07, 6.45) is 10.0. The SMILES string of the molecule is N=C1C(c2nc3c4ccccc4c4ccccc4c3n2C2CCCCC2)=CC=C(c2ccc(C(=C(c3ccccc3)c3ccccc3)c3ccccc3)cc2)/C1=N/S. The van der Waals surface area contributed by atoms with Gasteiger partial charge in [0, 0.05) is 28.0 Å². The lowest BCUT2D eigenvalue weighted by Crippen LogP contribution is -2.23. The molecular weight excluding hydrogens is 725 g/mol. The Hall–Kier alpha value is -6.56. The van der Waals surface area contributed by atoms with Crippen molar-refractivity contribution in [2.45, 2.75) is 38.1 Å². The van der Waals surface area contributed by atoms with Gasteiger partial charge in [-0.25, -0.2) is 9.38 Å². The molecule has 7 aromatic carbocycles. The summed E-state index contributed by atoms with van der Waals surface area (Å²) in [7, 11) is 0. The van der Waals surface area contributed by atoms with Crippen molar-refractivity contribution >= 4 is 79.1 Å². The smallest absolute Gasteiger partial charge is 0.143 e. The highest BCUT2D eigenvalue weighted by Gasteiger charge is 2.31. The molecule has 0 bridgehead atoms. The van der Waals surface area contributed by atoms with Crippen molar-refractivity contribution in [2.24, 2.45) is 4.40 Å². The van der Waals surface area contributed by atoms with Crippen LogP contribution < -0.4 is 0 Å². The monoisotopic (exact) mass is 766 g/mol.